The second-order valence-electron chi connectivity index (χ2n) is 5.79. The molecule has 0 saturated carbocycles. The van der Waals surface area contributed by atoms with E-state index in [4.69, 9.17) is 16.3 Å². The molecule has 0 aliphatic heterocycles. The van der Waals surface area contributed by atoms with Gasteiger partial charge in [0.25, 0.3) is 0 Å². The Morgan fingerprint density at radius 2 is 1.85 bits per heavy atom. The van der Waals surface area contributed by atoms with Crippen molar-refractivity contribution in [3.8, 4) is 0 Å². The van der Waals surface area contributed by atoms with E-state index in [9.17, 15) is 4.79 Å². The molecule has 0 aliphatic carbocycles. The molecule has 0 aliphatic rings. The first-order chi connectivity index (χ1) is 13.1. The Morgan fingerprint density at radius 3 is 2.63 bits per heavy atom. The average Bonchev–Trinajstić information content (AvgIpc) is 2.69. The molecule has 0 spiro atoms. The third-order valence-corrected chi connectivity index (χ3v) is 4.11. The van der Waals surface area contributed by atoms with Crippen molar-refractivity contribution < 1.29 is 9.53 Å². The van der Waals surface area contributed by atoms with Crippen molar-refractivity contribution >= 4 is 34.9 Å². The molecule has 27 heavy (non-hydrogen) atoms. The number of aromatic nitrogens is 2. The predicted molar refractivity (Wildman–Crippen MR) is 107 cm³/mol. The minimum atomic E-state index is -0.383. The van der Waals surface area contributed by atoms with Crippen LogP contribution in [0.25, 0.3) is 0 Å². The van der Waals surface area contributed by atoms with Crippen LogP contribution in [0.15, 0.2) is 60.9 Å². The van der Waals surface area contributed by atoms with E-state index < -0.39 is 0 Å². The molecule has 2 N–H and O–H groups in total. The summed E-state index contributed by atoms with van der Waals surface area (Å²) >= 11 is 5.90. The minimum Gasteiger partial charge on any atom is -0.465 e. The first kappa shape index (κ1) is 18.7. The van der Waals surface area contributed by atoms with Gasteiger partial charge in [-0.1, -0.05) is 29.8 Å². The lowest BCUT2D eigenvalue weighted by atomic mass is 10.1. The Balaban J connectivity index is 1.60. The molecule has 0 saturated heterocycles. The van der Waals surface area contributed by atoms with Crippen molar-refractivity contribution in [1.29, 1.82) is 0 Å². The number of hydrogen-bond donors (Lipinski definition) is 2. The highest BCUT2D eigenvalue weighted by Gasteiger charge is 2.06. The van der Waals surface area contributed by atoms with Gasteiger partial charge in [-0.25, -0.2) is 14.8 Å². The van der Waals surface area contributed by atoms with E-state index in [1.165, 1.54) is 19.0 Å². The summed E-state index contributed by atoms with van der Waals surface area (Å²) in [5.41, 5.74) is 2.40. The van der Waals surface area contributed by atoms with Crippen LogP contribution >= 0.6 is 11.6 Å². The lowest BCUT2D eigenvalue weighted by molar-refractivity contribution is 0.0601. The number of methoxy groups -OCH3 is 1. The Labute approximate surface area is 162 Å². The quantitative estimate of drug-likeness (QED) is 0.593. The van der Waals surface area contributed by atoms with Gasteiger partial charge in [0.15, 0.2) is 0 Å². The van der Waals surface area contributed by atoms with Gasteiger partial charge in [0, 0.05) is 23.3 Å². The highest BCUT2D eigenvalue weighted by Crippen LogP contribution is 2.18. The summed E-state index contributed by atoms with van der Waals surface area (Å²) in [7, 11) is 1.36. The van der Waals surface area contributed by atoms with Gasteiger partial charge in [-0.2, -0.15) is 0 Å². The van der Waals surface area contributed by atoms with Gasteiger partial charge in [-0.05, 0) is 42.3 Å². The van der Waals surface area contributed by atoms with Gasteiger partial charge in [-0.3, -0.25) is 0 Å². The van der Waals surface area contributed by atoms with Crippen molar-refractivity contribution in [3.05, 3.63) is 77.1 Å². The number of carbonyl (C=O) groups excluding carboxylic acids is 1. The molecule has 0 atom stereocenters. The maximum absolute atomic E-state index is 11.6. The van der Waals surface area contributed by atoms with Crippen LogP contribution in [0, 0.1) is 0 Å². The monoisotopic (exact) mass is 382 g/mol. The molecular weight excluding hydrogens is 364 g/mol. The van der Waals surface area contributed by atoms with Crippen LogP contribution in [-0.2, 0) is 11.2 Å². The van der Waals surface area contributed by atoms with E-state index in [0.29, 0.717) is 17.2 Å². The van der Waals surface area contributed by atoms with Crippen LogP contribution in [-0.4, -0.2) is 29.6 Å². The molecule has 1 heterocycles. The van der Waals surface area contributed by atoms with E-state index in [2.05, 4.69) is 20.6 Å². The molecule has 0 amide bonds. The second kappa shape index (κ2) is 9.00. The number of nitrogens with one attached hydrogen (secondary N) is 2. The maximum atomic E-state index is 11.6. The Kier molecular flexibility index (Phi) is 6.22. The number of rotatable bonds is 7. The van der Waals surface area contributed by atoms with Gasteiger partial charge in [-0.15, -0.1) is 0 Å². The van der Waals surface area contributed by atoms with Crippen molar-refractivity contribution in [2.45, 2.75) is 6.42 Å². The molecule has 1 aromatic heterocycles. The fourth-order valence-electron chi connectivity index (χ4n) is 2.50. The fraction of sp³-hybridized carbons (Fsp3) is 0.150. The predicted octanol–water partition coefficient (Wildman–Crippen LogP) is 4.31. The number of benzene rings is 2. The van der Waals surface area contributed by atoms with E-state index in [0.717, 1.165) is 23.7 Å². The Hall–Kier alpha value is -3.12. The molecule has 0 fully saturated rings. The van der Waals surface area contributed by atoms with Crippen molar-refractivity contribution in [1.82, 2.24) is 9.97 Å². The number of anilines is 3. The fourth-order valence-corrected chi connectivity index (χ4v) is 2.62. The lowest BCUT2D eigenvalue weighted by Gasteiger charge is -2.09. The zero-order chi connectivity index (χ0) is 19.1. The van der Waals surface area contributed by atoms with Crippen LogP contribution in [0.2, 0.25) is 5.02 Å². The molecular formula is C20H19ClN4O2. The van der Waals surface area contributed by atoms with Gasteiger partial charge in [0.05, 0.1) is 12.7 Å². The molecule has 0 unspecified atom stereocenters. The number of esters is 1. The summed E-state index contributed by atoms with van der Waals surface area (Å²) < 4.78 is 4.74. The summed E-state index contributed by atoms with van der Waals surface area (Å²) in [6, 6.07) is 16.6. The van der Waals surface area contributed by atoms with Crippen LogP contribution in [0.5, 0.6) is 0 Å². The summed E-state index contributed by atoms with van der Waals surface area (Å²) in [5.74, 6) is 0.956. The Bertz CT molecular complexity index is 916. The van der Waals surface area contributed by atoms with Gasteiger partial charge >= 0.3 is 5.97 Å². The molecule has 0 bridgehead atoms. The summed E-state index contributed by atoms with van der Waals surface area (Å²) in [6.45, 7) is 0.732. The highest BCUT2D eigenvalue weighted by atomic mass is 35.5. The minimum absolute atomic E-state index is 0.383. The molecule has 2 aromatic carbocycles. The smallest absolute Gasteiger partial charge is 0.337 e. The van der Waals surface area contributed by atoms with Crippen LogP contribution in [0.4, 0.5) is 17.3 Å². The normalized spacial score (nSPS) is 10.3. The molecule has 138 valence electrons. The first-order valence-corrected chi connectivity index (χ1v) is 8.77. The zero-order valence-corrected chi connectivity index (χ0v) is 15.5. The van der Waals surface area contributed by atoms with Gasteiger partial charge in [0.1, 0.15) is 18.0 Å². The lowest BCUT2D eigenvalue weighted by Crippen LogP contribution is -2.07. The van der Waals surface area contributed by atoms with Crippen LogP contribution in [0.3, 0.4) is 0 Å². The standard InChI is InChI=1S/C20H19ClN4O2/c1-27-20(26)15-3-2-4-17(11-15)25-19-12-18(23-13-24-19)22-10-9-14-5-7-16(21)8-6-14/h2-8,11-13H,9-10H2,1H3,(H2,22,23,24,25). The van der Waals surface area contributed by atoms with E-state index in [1.54, 1.807) is 18.2 Å². The second-order valence-corrected chi connectivity index (χ2v) is 6.23. The molecule has 3 rings (SSSR count). The van der Waals surface area contributed by atoms with Crippen LogP contribution < -0.4 is 10.6 Å². The summed E-state index contributed by atoms with van der Waals surface area (Å²) in [5, 5.41) is 7.17. The van der Waals surface area contributed by atoms with Crippen molar-refractivity contribution in [2.75, 3.05) is 24.3 Å². The van der Waals surface area contributed by atoms with Crippen molar-refractivity contribution in [3.63, 3.8) is 0 Å². The molecule has 7 heteroatoms. The largest absolute Gasteiger partial charge is 0.465 e. The number of ether oxygens (including phenoxy) is 1. The molecule has 6 nitrogen and oxygen atoms in total. The van der Waals surface area contributed by atoms with Gasteiger partial charge in [0.2, 0.25) is 0 Å². The van der Waals surface area contributed by atoms with Crippen LogP contribution in [0.1, 0.15) is 15.9 Å². The van der Waals surface area contributed by atoms with E-state index >= 15 is 0 Å². The van der Waals surface area contributed by atoms with Crippen molar-refractivity contribution in [2.24, 2.45) is 0 Å². The third-order valence-electron chi connectivity index (χ3n) is 3.86. The molecule has 0 radical (unpaired) electrons. The maximum Gasteiger partial charge on any atom is 0.337 e. The third kappa shape index (κ3) is 5.43. The van der Waals surface area contributed by atoms with Gasteiger partial charge < -0.3 is 15.4 Å². The summed E-state index contributed by atoms with van der Waals surface area (Å²) in [4.78, 5) is 20.1. The number of halogens is 1. The Morgan fingerprint density at radius 1 is 1.07 bits per heavy atom. The first-order valence-electron chi connectivity index (χ1n) is 8.40. The van der Waals surface area contributed by atoms with E-state index in [1.807, 2.05) is 36.4 Å². The number of hydrogen-bond acceptors (Lipinski definition) is 6. The van der Waals surface area contributed by atoms with E-state index in [-0.39, 0.29) is 5.97 Å². The number of carbonyl (C=O) groups is 1. The number of nitrogens with zero attached hydrogens (tertiary/aromatic N) is 2. The highest BCUT2D eigenvalue weighted by molar-refractivity contribution is 6.30. The average molecular weight is 383 g/mol. The summed E-state index contributed by atoms with van der Waals surface area (Å²) in [6.07, 6.45) is 2.34. The molecule has 3 aromatic rings. The topological polar surface area (TPSA) is 76.1 Å². The zero-order valence-electron chi connectivity index (χ0n) is 14.8. The SMILES string of the molecule is COC(=O)c1cccc(Nc2cc(NCCc3ccc(Cl)cc3)ncn2)c1.